The van der Waals surface area contributed by atoms with E-state index in [1.807, 2.05) is 6.26 Å². The van der Waals surface area contributed by atoms with Gasteiger partial charge in [-0.05, 0) is 37.2 Å². The number of hydrogen-bond acceptors (Lipinski definition) is 2. The van der Waals surface area contributed by atoms with Gasteiger partial charge in [0.1, 0.15) is 0 Å². The molecule has 1 aliphatic heterocycles. The Balaban J connectivity index is 1.95. The summed E-state index contributed by atoms with van der Waals surface area (Å²) in [6.07, 6.45) is 6.81. The van der Waals surface area contributed by atoms with Gasteiger partial charge >= 0.3 is 0 Å². The van der Waals surface area contributed by atoms with Crippen LogP contribution in [0.25, 0.3) is 0 Å². The minimum Gasteiger partial charge on any atom is -0.501 e. The Labute approximate surface area is 67.4 Å². The van der Waals surface area contributed by atoms with Gasteiger partial charge in [0, 0.05) is 6.04 Å². The molecule has 0 spiro atoms. The van der Waals surface area contributed by atoms with E-state index in [9.17, 15) is 0 Å². The van der Waals surface area contributed by atoms with Crippen LogP contribution in [-0.4, -0.2) is 12.6 Å². The third kappa shape index (κ3) is 1.56. The number of nitrogens with two attached hydrogens (primary N) is 1. The molecule has 0 bridgehead atoms. The predicted octanol–water partition coefficient (Wildman–Crippen LogP) is 1.42. The van der Waals surface area contributed by atoms with Crippen molar-refractivity contribution in [2.75, 3.05) is 6.61 Å². The second-order valence-electron chi connectivity index (χ2n) is 3.53. The Morgan fingerprint density at radius 2 is 2.36 bits per heavy atom. The van der Waals surface area contributed by atoms with Gasteiger partial charge in [-0.15, -0.1) is 0 Å². The van der Waals surface area contributed by atoms with Crippen molar-refractivity contribution in [1.82, 2.24) is 0 Å². The number of rotatable bonds is 2. The molecule has 1 unspecified atom stereocenters. The van der Waals surface area contributed by atoms with Crippen molar-refractivity contribution in [3.63, 3.8) is 0 Å². The van der Waals surface area contributed by atoms with Crippen LogP contribution < -0.4 is 5.73 Å². The molecule has 62 valence electrons. The zero-order valence-corrected chi connectivity index (χ0v) is 6.75. The molecule has 0 aromatic carbocycles. The van der Waals surface area contributed by atoms with Crippen LogP contribution in [0.3, 0.4) is 0 Å². The second-order valence-corrected chi connectivity index (χ2v) is 3.53. The van der Waals surface area contributed by atoms with E-state index in [-0.39, 0.29) is 0 Å². The van der Waals surface area contributed by atoms with Crippen LogP contribution in [0, 0.1) is 5.92 Å². The minimum atomic E-state index is 0.301. The Hall–Kier alpha value is -0.500. The molecule has 1 heterocycles. The molecular weight excluding hydrogens is 138 g/mol. The Kier molecular flexibility index (Phi) is 1.86. The van der Waals surface area contributed by atoms with Crippen LogP contribution in [0.1, 0.15) is 25.7 Å². The Morgan fingerprint density at radius 3 is 2.91 bits per heavy atom. The van der Waals surface area contributed by atoms with Crippen molar-refractivity contribution in [3.05, 3.63) is 11.8 Å². The molecule has 2 aliphatic rings. The average Bonchev–Trinajstić information content (AvgIpc) is 2.87. The summed E-state index contributed by atoms with van der Waals surface area (Å²) in [5.41, 5.74) is 7.34. The summed E-state index contributed by atoms with van der Waals surface area (Å²) in [6, 6.07) is 0.301. The highest BCUT2D eigenvalue weighted by Crippen LogP contribution is 2.36. The zero-order valence-electron chi connectivity index (χ0n) is 6.75. The summed E-state index contributed by atoms with van der Waals surface area (Å²) in [5.74, 6) is 0.767. The van der Waals surface area contributed by atoms with Gasteiger partial charge in [0.15, 0.2) is 0 Å². The minimum absolute atomic E-state index is 0.301. The molecule has 1 fully saturated rings. The Bertz CT molecular complexity index is 172. The number of ether oxygens (including phenoxy) is 1. The maximum absolute atomic E-state index is 6.01. The van der Waals surface area contributed by atoms with Gasteiger partial charge in [-0.2, -0.15) is 0 Å². The predicted molar refractivity (Wildman–Crippen MR) is 44.0 cm³/mol. The lowest BCUT2D eigenvalue weighted by Crippen LogP contribution is -2.26. The monoisotopic (exact) mass is 153 g/mol. The topological polar surface area (TPSA) is 35.2 Å². The first kappa shape index (κ1) is 7.17. The van der Waals surface area contributed by atoms with Gasteiger partial charge in [-0.3, -0.25) is 0 Å². The summed E-state index contributed by atoms with van der Waals surface area (Å²) in [5, 5.41) is 0. The number of hydrogen-bond donors (Lipinski definition) is 1. The van der Waals surface area contributed by atoms with E-state index in [2.05, 4.69) is 0 Å². The van der Waals surface area contributed by atoms with Crippen molar-refractivity contribution in [2.45, 2.75) is 31.7 Å². The SMILES string of the molecule is NC(C1=COCCC1)C1CC1. The first-order valence-electron chi connectivity index (χ1n) is 4.44. The summed E-state index contributed by atoms with van der Waals surface area (Å²) in [6.45, 7) is 0.876. The quantitative estimate of drug-likeness (QED) is 0.651. The standard InChI is InChI=1S/C9H15NO/c10-9(7-3-4-7)8-2-1-5-11-6-8/h6-7,9H,1-5,10H2. The van der Waals surface area contributed by atoms with E-state index in [0.717, 1.165) is 25.4 Å². The molecule has 0 amide bonds. The highest BCUT2D eigenvalue weighted by atomic mass is 16.5. The summed E-state index contributed by atoms with van der Waals surface area (Å²) >= 11 is 0. The molecule has 1 aliphatic carbocycles. The lowest BCUT2D eigenvalue weighted by molar-refractivity contribution is 0.220. The van der Waals surface area contributed by atoms with Crippen molar-refractivity contribution in [3.8, 4) is 0 Å². The van der Waals surface area contributed by atoms with Crippen molar-refractivity contribution >= 4 is 0 Å². The Morgan fingerprint density at radius 1 is 1.55 bits per heavy atom. The van der Waals surface area contributed by atoms with Crippen molar-refractivity contribution in [2.24, 2.45) is 11.7 Å². The van der Waals surface area contributed by atoms with Crippen LogP contribution in [0.4, 0.5) is 0 Å². The zero-order chi connectivity index (χ0) is 7.68. The van der Waals surface area contributed by atoms with Gasteiger partial charge in [0.05, 0.1) is 12.9 Å². The fourth-order valence-electron chi connectivity index (χ4n) is 1.59. The van der Waals surface area contributed by atoms with Gasteiger partial charge in [-0.25, -0.2) is 0 Å². The normalized spacial score (nSPS) is 27.2. The fraction of sp³-hybridized carbons (Fsp3) is 0.778. The molecule has 0 radical (unpaired) electrons. The largest absolute Gasteiger partial charge is 0.501 e. The maximum Gasteiger partial charge on any atom is 0.0876 e. The molecule has 1 atom stereocenters. The van der Waals surface area contributed by atoms with E-state index in [4.69, 9.17) is 10.5 Å². The van der Waals surface area contributed by atoms with Crippen LogP contribution in [0.15, 0.2) is 11.8 Å². The molecule has 2 heteroatoms. The molecule has 0 aromatic rings. The maximum atomic E-state index is 6.01. The van der Waals surface area contributed by atoms with Gasteiger partial charge in [0.2, 0.25) is 0 Å². The van der Waals surface area contributed by atoms with Crippen LogP contribution >= 0.6 is 0 Å². The lowest BCUT2D eigenvalue weighted by Gasteiger charge is -2.18. The second kappa shape index (κ2) is 2.86. The van der Waals surface area contributed by atoms with E-state index in [1.54, 1.807) is 0 Å². The van der Waals surface area contributed by atoms with E-state index >= 15 is 0 Å². The first-order valence-corrected chi connectivity index (χ1v) is 4.44. The summed E-state index contributed by atoms with van der Waals surface area (Å²) in [4.78, 5) is 0. The van der Waals surface area contributed by atoms with E-state index < -0.39 is 0 Å². The molecule has 0 aromatic heterocycles. The van der Waals surface area contributed by atoms with Gasteiger partial charge < -0.3 is 10.5 Å². The van der Waals surface area contributed by atoms with E-state index in [1.165, 1.54) is 18.4 Å². The highest BCUT2D eigenvalue weighted by molar-refractivity contribution is 5.13. The highest BCUT2D eigenvalue weighted by Gasteiger charge is 2.31. The molecule has 2 nitrogen and oxygen atoms in total. The molecule has 2 N–H and O–H groups in total. The van der Waals surface area contributed by atoms with Crippen molar-refractivity contribution in [1.29, 1.82) is 0 Å². The summed E-state index contributed by atoms with van der Waals surface area (Å²) in [7, 11) is 0. The average molecular weight is 153 g/mol. The van der Waals surface area contributed by atoms with E-state index in [0.29, 0.717) is 6.04 Å². The van der Waals surface area contributed by atoms with Gasteiger partial charge in [0.25, 0.3) is 0 Å². The molecular formula is C9H15NO. The molecule has 1 saturated carbocycles. The third-order valence-corrected chi connectivity index (χ3v) is 2.52. The third-order valence-electron chi connectivity index (χ3n) is 2.52. The smallest absolute Gasteiger partial charge is 0.0876 e. The molecule has 11 heavy (non-hydrogen) atoms. The lowest BCUT2D eigenvalue weighted by atomic mass is 9.99. The fourth-order valence-corrected chi connectivity index (χ4v) is 1.59. The van der Waals surface area contributed by atoms with Crippen LogP contribution in [0.5, 0.6) is 0 Å². The summed E-state index contributed by atoms with van der Waals surface area (Å²) < 4.78 is 5.24. The van der Waals surface area contributed by atoms with Crippen LogP contribution in [-0.2, 0) is 4.74 Å². The van der Waals surface area contributed by atoms with Crippen LogP contribution in [0.2, 0.25) is 0 Å². The first-order chi connectivity index (χ1) is 5.38. The van der Waals surface area contributed by atoms with Crippen molar-refractivity contribution < 1.29 is 4.74 Å². The molecule has 2 rings (SSSR count). The molecule has 0 saturated heterocycles. The van der Waals surface area contributed by atoms with Gasteiger partial charge in [-0.1, -0.05) is 0 Å².